The highest BCUT2D eigenvalue weighted by molar-refractivity contribution is 5.95. The second-order valence-corrected chi connectivity index (χ2v) is 22.7. The van der Waals surface area contributed by atoms with Gasteiger partial charge in [-0.1, -0.05) is 19.0 Å². The van der Waals surface area contributed by atoms with Crippen LogP contribution in [0.15, 0.2) is 28.3 Å². The Kier molecular flexibility index (Phi) is 19.6. The smallest absolute Gasteiger partial charge is 0.341 e. The predicted molar refractivity (Wildman–Crippen MR) is 280 cm³/mol. The van der Waals surface area contributed by atoms with Crippen LogP contribution < -0.4 is 20.5 Å². The SMILES string of the molecule is COCO/N=C1\[C@H](C)C[C@@](C)(O)[C@H](O[C@@H]2O[C@H](C)C[C@H](N(C)C)[C@H]2O)[C@@H](C)[C@H](O[C@H]2C[C@@](C)(OC)[C@@H](OC(=O)CCNCCCc3cc4c5c(c3)c(=O)c(C(=O)O)cn5N(C)CO4)[C@H](C)O2)[C@@H](C)C(=O)O[C@@H]2CC[C@]2(O)[C@@H]1O. The molecule has 1 saturated carbocycles. The highest BCUT2D eigenvalue weighted by atomic mass is 16.7. The predicted octanol–water partition coefficient (Wildman–Crippen LogP) is 2.02. The molecule has 24 nitrogen and oxygen atoms in total. The number of ether oxygens (including phenoxy) is 9. The van der Waals surface area contributed by atoms with Crippen molar-refractivity contribution in [3.05, 3.63) is 39.7 Å². The number of fused-ring (bicyclic) bond motifs is 1. The molecule has 5 heterocycles. The number of hydrogen-bond acceptors (Lipinski definition) is 22. The van der Waals surface area contributed by atoms with Crippen LogP contribution in [0.5, 0.6) is 5.75 Å². The quantitative estimate of drug-likeness (QED) is 0.0539. The molecule has 4 aliphatic heterocycles. The molecule has 0 radical (unpaired) electrons. The third kappa shape index (κ3) is 12.9. The van der Waals surface area contributed by atoms with E-state index in [-0.39, 0.29) is 81.0 Å². The lowest BCUT2D eigenvalue weighted by Crippen LogP contribution is -2.64. The Morgan fingerprint density at radius 2 is 1.72 bits per heavy atom. The van der Waals surface area contributed by atoms with Crippen LogP contribution in [0.1, 0.15) is 109 Å². The average molecular weight is 1110 g/mol. The standard InChI is InChI=1S/C54H83N5O19/c1-28-23-52(6,67)47(78-51-44(62)36(57(8)9)20-29(2)73-51)30(3)45(31(4)50(66)75-38-15-17-54(38,68)46(63)41(28)56-72-27-69-11)77-40-24-53(7,70-12)48(32(5)74-40)76-39(60)16-19-55-18-13-14-33-21-34-42-37(22-33)71-26-58(10)59(42)25-35(43(34)61)49(64)65/h21-22,25,28-32,36,38,40,44-48,51,55,62-63,67-68H,13-20,23-24,26-27H2,1-12H3,(H,64,65)/b56-41+/t28-,29-,30+,31-,32+,36+,38-,40+,44-,45+,46-,47-,48+,51+,52-,53-,54-/m1/s1. The normalized spacial score (nSPS) is 37.1. The summed E-state index contributed by atoms with van der Waals surface area (Å²) < 4.78 is 57.1. The summed E-state index contributed by atoms with van der Waals surface area (Å²) >= 11 is 0. The molecule has 0 bridgehead atoms. The lowest BCUT2D eigenvalue weighted by Gasteiger charge is -2.49. The maximum absolute atomic E-state index is 14.4. The van der Waals surface area contributed by atoms with Gasteiger partial charge < -0.3 is 83.2 Å². The van der Waals surface area contributed by atoms with Crippen LogP contribution in [-0.2, 0) is 58.7 Å². The first-order valence-electron chi connectivity index (χ1n) is 27.0. The van der Waals surface area contributed by atoms with Crippen LogP contribution >= 0.6 is 0 Å². The van der Waals surface area contributed by atoms with E-state index >= 15 is 0 Å². The van der Waals surface area contributed by atoms with Gasteiger partial charge in [-0.3, -0.25) is 24.1 Å². The largest absolute Gasteiger partial charge is 0.477 e. The molecule has 2 aromatic rings. The van der Waals surface area contributed by atoms with Crippen molar-refractivity contribution in [1.82, 2.24) is 14.9 Å². The minimum atomic E-state index is -1.95. The molecule has 1 aliphatic carbocycles. The van der Waals surface area contributed by atoms with E-state index in [2.05, 4.69) is 10.5 Å². The third-order valence-corrected chi connectivity index (χ3v) is 16.4. The number of esters is 2. The zero-order valence-electron chi connectivity index (χ0n) is 47.0. The third-order valence-electron chi connectivity index (χ3n) is 16.4. The molecule has 17 atom stereocenters. The number of aliphatic hydroxyl groups excluding tert-OH is 2. The molecule has 1 aromatic carbocycles. The van der Waals surface area contributed by atoms with Crippen LogP contribution in [0.2, 0.25) is 0 Å². The van der Waals surface area contributed by atoms with E-state index < -0.39 is 113 Å². The van der Waals surface area contributed by atoms with E-state index in [1.54, 1.807) is 64.3 Å². The number of pyridine rings is 1. The van der Waals surface area contributed by atoms with Gasteiger partial charge in [0.25, 0.3) is 0 Å². The zero-order valence-corrected chi connectivity index (χ0v) is 47.0. The number of aromatic nitrogens is 1. The van der Waals surface area contributed by atoms with Crippen LogP contribution in [-0.4, -0.2) is 205 Å². The van der Waals surface area contributed by atoms with Crippen LogP contribution in [0.4, 0.5) is 0 Å². The Labute approximate surface area is 455 Å². The number of rotatable bonds is 18. The first-order chi connectivity index (χ1) is 36.7. The van der Waals surface area contributed by atoms with Crippen molar-refractivity contribution in [2.75, 3.05) is 67.0 Å². The Morgan fingerprint density at radius 3 is 2.37 bits per heavy atom. The topological polar surface area (TPSA) is 298 Å². The van der Waals surface area contributed by atoms with Gasteiger partial charge in [-0.2, -0.15) is 0 Å². The van der Waals surface area contributed by atoms with Crippen LogP contribution in [0.25, 0.3) is 10.9 Å². The van der Waals surface area contributed by atoms with E-state index in [4.69, 9.17) is 47.5 Å². The van der Waals surface area contributed by atoms with Gasteiger partial charge in [0.2, 0.25) is 12.2 Å². The fourth-order valence-corrected chi connectivity index (χ4v) is 11.9. The Morgan fingerprint density at radius 1 is 0.987 bits per heavy atom. The number of oxime groups is 1. The molecule has 24 heteroatoms. The highest BCUT2D eigenvalue weighted by Crippen LogP contribution is 2.44. The number of benzene rings is 1. The van der Waals surface area contributed by atoms with Gasteiger partial charge in [-0.25, -0.2) is 4.79 Å². The molecule has 4 fully saturated rings. The summed E-state index contributed by atoms with van der Waals surface area (Å²) in [6.45, 7) is 12.6. The Bertz CT molecular complexity index is 2530. The van der Waals surface area contributed by atoms with Crippen molar-refractivity contribution in [3.63, 3.8) is 0 Å². The molecule has 6 N–H and O–H groups in total. The number of carbonyl (C=O) groups excluding carboxylic acids is 2. The summed E-state index contributed by atoms with van der Waals surface area (Å²) in [5.74, 6) is -4.93. The highest BCUT2D eigenvalue weighted by Gasteiger charge is 2.58. The first kappa shape index (κ1) is 61.1. The average Bonchev–Trinajstić information content (AvgIpc) is 3.50. The molecule has 0 spiro atoms. The Balaban J connectivity index is 1.05. The molecule has 1 aromatic heterocycles. The van der Waals surface area contributed by atoms with Gasteiger partial charge in [-0.05, 0) is 111 Å². The molecule has 438 valence electrons. The van der Waals surface area contributed by atoms with Crippen molar-refractivity contribution in [3.8, 4) is 5.75 Å². The van der Waals surface area contributed by atoms with Crippen molar-refractivity contribution < 1.29 is 87.4 Å². The van der Waals surface area contributed by atoms with Crippen molar-refractivity contribution in [2.24, 2.45) is 22.9 Å². The minimum absolute atomic E-state index is 0.00915. The van der Waals surface area contributed by atoms with Gasteiger partial charge in [0.1, 0.15) is 46.3 Å². The van der Waals surface area contributed by atoms with E-state index in [0.717, 1.165) is 5.56 Å². The monoisotopic (exact) mass is 1110 g/mol. The number of nitrogens with zero attached hydrogens (tertiary/aromatic N) is 4. The molecule has 5 aliphatic rings. The summed E-state index contributed by atoms with van der Waals surface area (Å²) in [4.78, 5) is 60.2. The minimum Gasteiger partial charge on any atom is -0.477 e. The molecule has 7 rings (SSSR count). The summed E-state index contributed by atoms with van der Waals surface area (Å²) in [5.41, 5.74) is -4.63. The number of methoxy groups -OCH3 is 2. The van der Waals surface area contributed by atoms with E-state index in [9.17, 15) is 44.7 Å². The summed E-state index contributed by atoms with van der Waals surface area (Å²) in [7, 11) is 8.30. The zero-order chi connectivity index (χ0) is 57.2. The Hall–Kier alpha value is -4.57. The molecule has 78 heavy (non-hydrogen) atoms. The number of aryl methyl sites for hydroxylation is 1. The fraction of sp³-hybridized carbons (Fsp3) is 0.759. The molecule has 3 saturated heterocycles. The maximum atomic E-state index is 14.4. The summed E-state index contributed by atoms with van der Waals surface area (Å²) in [6.07, 6.45) is -7.64. The van der Waals surface area contributed by atoms with Crippen LogP contribution in [0.3, 0.4) is 0 Å². The first-order valence-corrected chi connectivity index (χ1v) is 27.0. The molecule has 0 amide bonds. The second kappa shape index (κ2) is 25.1. The van der Waals surface area contributed by atoms with Gasteiger partial charge >= 0.3 is 17.9 Å². The van der Waals surface area contributed by atoms with Gasteiger partial charge in [0.05, 0.1) is 53.5 Å². The number of likely N-dealkylation sites (N-methyl/N-ethyl adjacent to an activating group) is 1. The number of aromatic carboxylic acids is 1. The second-order valence-electron chi connectivity index (χ2n) is 22.7. The molecule has 0 unspecified atom stereocenters. The number of hydrogen-bond donors (Lipinski definition) is 6. The lowest BCUT2D eigenvalue weighted by molar-refractivity contribution is -0.318. The van der Waals surface area contributed by atoms with Crippen molar-refractivity contribution in [1.29, 1.82) is 0 Å². The number of carbonyl (C=O) groups is 3. The van der Waals surface area contributed by atoms with Gasteiger partial charge in [0.15, 0.2) is 25.4 Å². The van der Waals surface area contributed by atoms with Gasteiger partial charge in [0, 0.05) is 58.3 Å². The number of aliphatic hydroxyl groups is 4. The van der Waals surface area contributed by atoms with Crippen molar-refractivity contribution >= 4 is 34.5 Å². The van der Waals surface area contributed by atoms with E-state index in [1.807, 2.05) is 32.0 Å². The number of carboxylic acid groups (broad SMARTS) is 1. The molecular formula is C54H83N5O19. The maximum Gasteiger partial charge on any atom is 0.341 e. The van der Waals surface area contributed by atoms with Crippen molar-refractivity contribution in [2.45, 2.75) is 184 Å². The van der Waals surface area contributed by atoms with Gasteiger partial charge in [-0.15, -0.1) is 0 Å². The number of nitrogens with one attached hydrogen (secondary N) is 1. The molecular weight excluding hydrogens is 1020 g/mol. The van der Waals surface area contributed by atoms with E-state index in [1.165, 1.54) is 20.4 Å². The lowest BCUT2D eigenvalue weighted by atomic mass is 9.69. The summed E-state index contributed by atoms with van der Waals surface area (Å²) in [5, 5.41) is 67.4. The van der Waals surface area contributed by atoms with Crippen LogP contribution in [0, 0.1) is 17.8 Å². The van der Waals surface area contributed by atoms with E-state index in [0.29, 0.717) is 37.1 Å². The fourth-order valence-electron chi connectivity index (χ4n) is 11.9. The number of carboxylic acids is 1. The summed E-state index contributed by atoms with van der Waals surface area (Å²) in [6, 6.07) is 3.17.